The molecular weight excluding hydrogens is 224 g/mol. The number of aromatic nitrogens is 1. The molecule has 1 fully saturated rings. The van der Waals surface area contributed by atoms with Crippen molar-refractivity contribution in [3.05, 3.63) is 17.0 Å². The summed E-state index contributed by atoms with van der Waals surface area (Å²) in [4.78, 5) is 13.4. The predicted molar refractivity (Wildman–Crippen MR) is 58.3 cm³/mol. The maximum absolute atomic E-state index is 11.9. The Morgan fingerprint density at radius 2 is 2.00 bits per heavy atom. The Labute approximate surface area is 98.8 Å². The van der Waals surface area contributed by atoms with Crippen LogP contribution < -0.4 is 0 Å². The van der Waals surface area contributed by atoms with E-state index < -0.39 is 12.2 Å². The van der Waals surface area contributed by atoms with E-state index in [-0.39, 0.29) is 25.4 Å². The normalized spacial score (nSPS) is 24.4. The van der Waals surface area contributed by atoms with Gasteiger partial charge in [0.05, 0.1) is 24.3 Å². The van der Waals surface area contributed by atoms with Crippen LogP contribution in [-0.4, -0.2) is 51.5 Å². The number of aliphatic hydroxyl groups excluding tert-OH is 2. The van der Waals surface area contributed by atoms with Crippen molar-refractivity contribution >= 4 is 5.91 Å². The molecule has 6 heteroatoms. The molecule has 2 N–H and O–H groups in total. The topological polar surface area (TPSA) is 86.8 Å². The first-order valence-corrected chi connectivity index (χ1v) is 5.54. The van der Waals surface area contributed by atoms with Crippen LogP contribution in [0.25, 0.3) is 0 Å². The van der Waals surface area contributed by atoms with Crippen LogP contribution in [0.2, 0.25) is 0 Å². The first-order valence-electron chi connectivity index (χ1n) is 5.54. The quantitative estimate of drug-likeness (QED) is 0.720. The van der Waals surface area contributed by atoms with Crippen molar-refractivity contribution in [2.75, 3.05) is 13.1 Å². The van der Waals surface area contributed by atoms with Gasteiger partial charge in [0, 0.05) is 18.7 Å². The molecule has 0 saturated carbocycles. The van der Waals surface area contributed by atoms with Gasteiger partial charge in [-0.15, -0.1) is 0 Å². The van der Waals surface area contributed by atoms with E-state index in [9.17, 15) is 15.0 Å². The van der Waals surface area contributed by atoms with Crippen molar-refractivity contribution in [2.24, 2.45) is 0 Å². The van der Waals surface area contributed by atoms with E-state index in [1.54, 1.807) is 13.8 Å². The molecule has 0 radical (unpaired) electrons. The van der Waals surface area contributed by atoms with Gasteiger partial charge in [0.25, 0.3) is 0 Å². The van der Waals surface area contributed by atoms with Crippen molar-refractivity contribution in [3.8, 4) is 0 Å². The van der Waals surface area contributed by atoms with Gasteiger partial charge in [-0.3, -0.25) is 4.79 Å². The molecule has 6 nitrogen and oxygen atoms in total. The molecule has 2 unspecified atom stereocenters. The van der Waals surface area contributed by atoms with Gasteiger partial charge in [-0.2, -0.15) is 0 Å². The SMILES string of the molecule is Cc1noc(C)c1CC(=O)N1CC(O)C(O)C1. The lowest BCUT2D eigenvalue weighted by Crippen LogP contribution is -2.31. The van der Waals surface area contributed by atoms with E-state index in [1.165, 1.54) is 4.90 Å². The number of nitrogens with zero attached hydrogens (tertiary/aromatic N) is 2. The molecular formula is C11H16N2O4. The summed E-state index contributed by atoms with van der Waals surface area (Å²) in [6.07, 6.45) is -1.49. The molecule has 1 aliphatic rings. The number of hydrogen-bond donors (Lipinski definition) is 2. The Hall–Kier alpha value is -1.40. The summed E-state index contributed by atoms with van der Waals surface area (Å²) in [5.74, 6) is 0.506. The highest BCUT2D eigenvalue weighted by atomic mass is 16.5. The summed E-state index contributed by atoms with van der Waals surface area (Å²) < 4.78 is 4.98. The van der Waals surface area contributed by atoms with Crippen molar-refractivity contribution in [2.45, 2.75) is 32.5 Å². The van der Waals surface area contributed by atoms with Crippen molar-refractivity contribution < 1.29 is 19.5 Å². The number of hydrogen-bond acceptors (Lipinski definition) is 5. The Morgan fingerprint density at radius 1 is 1.41 bits per heavy atom. The summed E-state index contributed by atoms with van der Waals surface area (Å²) in [6, 6.07) is 0. The average Bonchev–Trinajstić information content (AvgIpc) is 2.76. The zero-order valence-electron chi connectivity index (χ0n) is 9.88. The van der Waals surface area contributed by atoms with Gasteiger partial charge in [0.2, 0.25) is 5.91 Å². The lowest BCUT2D eigenvalue weighted by molar-refractivity contribution is -0.130. The zero-order chi connectivity index (χ0) is 12.6. The van der Waals surface area contributed by atoms with Gasteiger partial charge in [-0.1, -0.05) is 5.16 Å². The van der Waals surface area contributed by atoms with Crippen LogP contribution in [0.15, 0.2) is 4.52 Å². The van der Waals surface area contributed by atoms with Crippen LogP contribution in [0.3, 0.4) is 0 Å². The maximum atomic E-state index is 11.9. The van der Waals surface area contributed by atoms with Gasteiger partial charge < -0.3 is 19.6 Å². The molecule has 0 bridgehead atoms. The fourth-order valence-electron chi connectivity index (χ4n) is 1.99. The third-order valence-electron chi connectivity index (χ3n) is 3.12. The minimum Gasteiger partial charge on any atom is -0.388 e. The molecule has 1 aliphatic heterocycles. The largest absolute Gasteiger partial charge is 0.388 e. The number of rotatable bonds is 2. The van der Waals surface area contributed by atoms with E-state index in [0.717, 1.165) is 5.56 Å². The van der Waals surface area contributed by atoms with E-state index in [4.69, 9.17) is 4.52 Å². The second kappa shape index (κ2) is 4.46. The molecule has 0 spiro atoms. The van der Waals surface area contributed by atoms with E-state index in [0.29, 0.717) is 11.5 Å². The predicted octanol–water partition coefficient (Wildman–Crippen LogP) is -0.602. The molecule has 2 atom stereocenters. The molecule has 1 saturated heterocycles. The Bertz CT molecular complexity index is 400. The lowest BCUT2D eigenvalue weighted by atomic mass is 10.1. The summed E-state index contributed by atoms with van der Waals surface area (Å²) in [7, 11) is 0. The van der Waals surface area contributed by atoms with Crippen LogP contribution in [0.5, 0.6) is 0 Å². The van der Waals surface area contributed by atoms with Gasteiger partial charge >= 0.3 is 0 Å². The average molecular weight is 240 g/mol. The third-order valence-corrected chi connectivity index (χ3v) is 3.12. The number of aryl methyl sites for hydroxylation is 2. The van der Waals surface area contributed by atoms with Crippen molar-refractivity contribution in [1.29, 1.82) is 0 Å². The van der Waals surface area contributed by atoms with Crippen molar-refractivity contribution in [1.82, 2.24) is 10.1 Å². The van der Waals surface area contributed by atoms with Gasteiger partial charge in [-0.05, 0) is 13.8 Å². The first-order chi connectivity index (χ1) is 7.99. The van der Waals surface area contributed by atoms with E-state index >= 15 is 0 Å². The molecule has 1 amide bonds. The first kappa shape index (κ1) is 12.1. The molecule has 1 aromatic rings. The maximum Gasteiger partial charge on any atom is 0.227 e. The second-order valence-electron chi connectivity index (χ2n) is 4.41. The van der Waals surface area contributed by atoms with Crippen molar-refractivity contribution in [3.63, 3.8) is 0 Å². The minimum atomic E-state index is -0.844. The van der Waals surface area contributed by atoms with E-state index in [2.05, 4.69) is 5.16 Å². The fraction of sp³-hybridized carbons (Fsp3) is 0.636. The summed E-state index contributed by atoms with van der Waals surface area (Å²) in [5, 5.41) is 22.5. The number of carbonyl (C=O) groups excluding carboxylic acids is 1. The molecule has 94 valence electrons. The van der Waals surface area contributed by atoms with E-state index in [1.807, 2.05) is 0 Å². The highest BCUT2D eigenvalue weighted by molar-refractivity contribution is 5.79. The highest BCUT2D eigenvalue weighted by Gasteiger charge is 2.32. The summed E-state index contributed by atoms with van der Waals surface area (Å²) in [5.41, 5.74) is 1.49. The number of amides is 1. The molecule has 1 aromatic heterocycles. The highest BCUT2D eigenvalue weighted by Crippen LogP contribution is 2.16. The van der Waals surface area contributed by atoms with Crippen LogP contribution in [0.1, 0.15) is 17.0 Å². The molecule has 17 heavy (non-hydrogen) atoms. The summed E-state index contributed by atoms with van der Waals surface area (Å²) in [6.45, 7) is 3.91. The minimum absolute atomic E-state index is 0.130. The van der Waals surface area contributed by atoms with Gasteiger partial charge in [0.15, 0.2) is 0 Å². The zero-order valence-corrected chi connectivity index (χ0v) is 9.88. The molecule has 0 aromatic carbocycles. The van der Waals surface area contributed by atoms with Crippen LogP contribution in [0, 0.1) is 13.8 Å². The second-order valence-corrected chi connectivity index (χ2v) is 4.41. The van der Waals surface area contributed by atoms with Crippen LogP contribution >= 0.6 is 0 Å². The van der Waals surface area contributed by atoms with Crippen LogP contribution in [-0.2, 0) is 11.2 Å². The molecule has 2 rings (SSSR count). The third kappa shape index (κ3) is 2.32. The van der Waals surface area contributed by atoms with Gasteiger partial charge in [0.1, 0.15) is 5.76 Å². The summed E-state index contributed by atoms with van der Waals surface area (Å²) >= 11 is 0. The van der Waals surface area contributed by atoms with Gasteiger partial charge in [-0.25, -0.2) is 0 Å². The lowest BCUT2D eigenvalue weighted by Gasteiger charge is -2.14. The smallest absolute Gasteiger partial charge is 0.227 e. The standard InChI is InChI=1S/C11H16N2O4/c1-6-8(7(2)17-12-6)3-11(16)13-4-9(14)10(15)5-13/h9-10,14-15H,3-5H2,1-2H3. The Kier molecular flexibility index (Phi) is 3.17. The molecule has 2 heterocycles. The number of β-amino-alcohol motifs (C(OH)–C–C–N with tert-alkyl or cyclic N) is 2. The Balaban J connectivity index is 2.03. The van der Waals surface area contributed by atoms with Crippen LogP contribution in [0.4, 0.5) is 0 Å². The molecule has 0 aliphatic carbocycles. The number of likely N-dealkylation sites (tertiary alicyclic amines) is 1. The Morgan fingerprint density at radius 3 is 2.47 bits per heavy atom. The monoisotopic (exact) mass is 240 g/mol. The number of carbonyl (C=O) groups is 1. The number of aliphatic hydroxyl groups is 2. The fourth-order valence-corrected chi connectivity index (χ4v) is 1.99.